The number of ether oxygens (including phenoxy) is 1. The second-order valence-electron chi connectivity index (χ2n) is 5.46. The zero-order valence-corrected chi connectivity index (χ0v) is 13.0. The first-order valence-corrected chi connectivity index (χ1v) is 7.65. The summed E-state index contributed by atoms with van der Waals surface area (Å²) in [5.74, 6) is 0.367. The van der Waals surface area contributed by atoms with Crippen molar-refractivity contribution in [3.05, 3.63) is 59.3 Å². The number of nitrogens with zero attached hydrogens (tertiary/aromatic N) is 2. The number of benzene rings is 1. The normalized spacial score (nSPS) is 16.2. The summed E-state index contributed by atoms with van der Waals surface area (Å²) in [5.41, 5.74) is 3.11. The van der Waals surface area contributed by atoms with Gasteiger partial charge in [0.1, 0.15) is 5.56 Å². The second kappa shape index (κ2) is 6.18. The van der Waals surface area contributed by atoms with Gasteiger partial charge in [-0.05, 0) is 43.0 Å². The molecular weight excluding hydrogens is 276 g/mol. The summed E-state index contributed by atoms with van der Waals surface area (Å²) in [6.07, 6.45) is 3.63. The largest absolute Gasteiger partial charge is 0.477 e. The molecule has 114 valence electrons. The molecule has 4 nitrogen and oxygen atoms in total. The zero-order chi connectivity index (χ0) is 15.5. The Hall–Kier alpha value is -2.36. The van der Waals surface area contributed by atoms with Crippen LogP contribution in [0, 0.1) is 0 Å². The Kier molecular flexibility index (Phi) is 4.09. The quantitative estimate of drug-likeness (QED) is 0.870. The van der Waals surface area contributed by atoms with Crippen molar-refractivity contribution in [3.8, 4) is 5.88 Å². The first-order chi connectivity index (χ1) is 10.7. The third kappa shape index (κ3) is 2.56. The lowest BCUT2D eigenvalue weighted by molar-refractivity contribution is 0.0725. The van der Waals surface area contributed by atoms with E-state index in [0.717, 1.165) is 12.8 Å². The van der Waals surface area contributed by atoms with Gasteiger partial charge in [0.15, 0.2) is 0 Å². The molecule has 0 saturated heterocycles. The van der Waals surface area contributed by atoms with Crippen molar-refractivity contribution < 1.29 is 9.53 Å². The molecule has 4 heteroatoms. The van der Waals surface area contributed by atoms with Crippen LogP contribution in [0.25, 0.3) is 0 Å². The molecular formula is C18H20N2O2. The molecule has 3 rings (SSSR count). The fraction of sp³-hybridized carbons (Fsp3) is 0.333. The van der Waals surface area contributed by atoms with Gasteiger partial charge in [0, 0.05) is 13.2 Å². The van der Waals surface area contributed by atoms with Crippen LogP contribution in [-0.2, 0) is 6.42 Å². The fourth-order valence-electron chi connectivity index (χ4n) is 3.07. The van der Waals surface area contributed by atoms with Gasteiger partial charge in [0.2, 0.25) is 5.88 Å². The molecule has 0 fully saturated rings. The van der Waals surface area contributed by atoms with Crippen molar-refractivity contribution >= 4 is 5.91 Å². The highest BCUT2D eigenvalue weighted by atomic mass is 16.5. The van der Waals surface area contributed by atoms with Crippen LogP contribution in [0.3, 0.4) is 0 Å². The summed E-state index contributed by atoms with van der Waals surface area (Å²) < 4.78 is 5.48. The average molecular weight is 296 g/mol. The van der Waals surface area contributed by atoms with E-state index in [9.17, 15) is 4.79 Å². The first kappa shape index (κ1) is 14.6. The Morgan fingerprint density at radius 1 is 1.32 bits per heavy atom. The maximum absolute atomic E-state index is 12.8. The maximum atomic E-state index is 12.8. The van der Waals surface area contributed by atoms with Gasteiger partial charge in [-0.25, -0.2) is 4.98 Å². The number of fused-ring (bicyclic) bond motifs is 1. The van der Waals surface area contributed by atoms with Crippen LogP contribution in [0.2, 0.25) is 0 Å². The molecule has 0 saturated carbocycles. The Morgan fingerprint density at radius 2 is 2.14 bits per heavy atom. The number of amides is 1. The summed E-state index contributed by atoms with van der Waals surface area (Å²) in [4.78, 5) is 18.8. The summed E-state index contributed by atoms with van der Waals surface area (Å²) in [7, 11) is 1.86. The lowest BCUT2D eigenvalue weighted by atomic mass is 10.1. The third-order valence-electron chi connectivity index (χ3n) is 4.17. The third-order valence-corrected chi connectivity index (χ3v) is 4.17. The van der Waals surface area contributed by atoms with E-state index in [1.807, 2.05) is 24.9 Å². The highest BCUT2D eigenvalue weighted by Crippen LogP contribution is 2.35. The summed E-state index contributed by atoms with van der Waals surface area (Å²) in [6, 6.07) is 12.0. The van der Waals surface area contributed by atoms with Crippen LogP contribution in [0.5, 0.6) is 5.88 Å². The molecule has 1 aliphatic rings. The van der Waals surface area contributed by atoms with E-state index in [0.29, 0.717) is 18.1 Å². The summed E-state index contributed by atoms with van der Waals surface area (Å²) in [5, 5.41) is 0. The van der Waals surface area contributed by atoms with Gasteiger partial charge in [-0.1, -0.05) is 24.3 Å². The standard InChI is InChI=1S/C18H20N2O2/c1-3-22-17-15(9-6-12-19-17)18(21)20(2)16-11-10-13-7-4-5-8-14(13)16/h4-9,12,16H,3,10-11H2,1-2H3/t16-/m0/s1. The molecule has 1 heterocycles. The predicted molar refractivity (Wildman–Crippen MR) is 85.0 cm³/mol. The van der Waals surface area contributed by atoms with Gasteiger partial charge < -0.3 is 9.64 Å². The summed E-state index contributed by atoms with van der Waals surface area (Å²) >= 11 is 0. The van der Waals surface area contributed by atoms with Crippen LogP contribution < -0.4 is 4.74 Å². The number of carbonyl (C=O) groups excluding carboxylic acids is 1. The van der Waals surface area contributed by atoms with E-state index in [2.05, 4.69) is 23.2 Å². The SMILES string of the molecule is CCOc1ncccc1C(=O)N(C)[C@H]1CCc2ccccc21. The lowest BCUT2D eigenvalue weighted by Crippen LogP contribution is -2.30. The number of hydrogen-bond donors (Lipinski definition) is 0. The second-order valence-corrected chi connectivity index (χ2v) is 5.46. The van der Waals surface area contributed by atoms with Gasteiger partial charge in [0.25, 0.3) is 5.91 Å². The van der Waals surface area contributed by atoms with Crippen LogP contribution in [0.15, 0.2) is 42.6 Å². The molecule has 0 N–H and O–H groups in total. The molecule has 0 radical (unpaired) electrons. The molecule has 2 aromatic rings. The maximum Gasteiger partial charge on any atom is 0.259 e. The van der Waals surface area contributed by atoms with Crippen molar-refractivity contribution in [3.63, 3.8) is 0 Å². The van der Waals surface area contributed by atoms with Crippen LogP contribution in [0.4, 0.5) is 0 Å². The number of aryl methyl sites for hydroxylation is 1. The Labute approximate surface area is 130 Å². The van der Waals surface area contributed by atoms with E-state index in [1.54, 1.807) is 18.3 Å². The van der Waals surface area contributed by atoms with Gasteiger partial charge in [0.05, 0.1) is 12.6 Å². The van der Waals surface area contributed by atoms with E-state index in [4.69, 9.17) is 4.74 Å². The van der Waals surface area contributed by atoms with E-state index >= 15 is 0 Å². The van der Waals surface area contributed by atoms with E-state index in [-0.39, 0.29) is 11.9 Å². The lowest BCUT2D eigenvalue weighted by Gasteiger charge is -2.26. The molecule has 0 unspecified atom stereocenters. The van der Waals surface area contributed by atoms with Crippen molar-refractivity contribution in [2.75, 3.05) is 13.7 Å². The highest BCUT2D eigenvalue weighted by molar-refractivity contribution is 5.96. The molecule has 0 spiro atoms. The van der Waals surface area contributed by atoms with Gasteiger partial charge in [-0.2, -0.15) is 0 Å². The molecule has 1 atom stereocenters. The van der Waals surface area contributed by atoms with Crippen LogP contribution >= 0.6 is 0 Å². The number of pyridine rings is 1. The molecule has 1 aromatic heterocycles. The smallest absolute Gasteiger partial charge is 0.259 e. The van der Waals surface area contributed by atoms with E-state index in [1.165, 1.54) is 11.1 Å². The topological polar surface area (TPSA) is 42.4 Å². The van der Waals surface area contributed by atoms with Crippen molar-refractivity contribution in [2.45, 2.75) is 25.8 Å². The monoisotopic (exact) mass is 296 g/mol. The zero-order valence-electron chi connectivity index (χ0n) is 13.0. The summed E-state index contributed by atoms with van der Waals surface area (Å²) in [6.45, 7) is 2.38. The van der Waals surface area contributed by atoms with E-state index < -0.39 is 0 Å². The van der Waals surface area contributed by atoms with Crippen molar-refractivity contribution in [1.82, 2.24) is 9.88 Å². The Morgan fingerprint density at radius 3 is 2.95 bits per heavy atom. The molecule has 22 heavy (non-hydrogen) atoms. The Bertz CT molecular complexity index is 684. The highest BCUT2D eigenvalue weighted by Gasteiger charge is 2.30. The number of carbonyl (C=O) groups is 1. The number of aromatic nitrogens is 1. The van der Waals surface area contributed by atoms with Gasteiger partial charge in [-0.15, -0.1) is 0 Å². The first-order valence-electron chi connectivity index (χ1n) is 7.65. The molecule has 1 aromatic carbocycles. The van der Waals surface area contributed by atoms with Crippen LogP contribution in [-0.4, -0.2) is 29.4 Å². The molecule has 0 aliphatic heterocycles. The molecule has 1 amide bonds. The minimum Gasteiger partial charge on any atom is -0.477 e. The molecule has 1 aliphatic carbocycles. The minimum atomic E-state index is -0.0433. The predicted octanol–water partition coefficient (Wildman–Crippen LogP) is 3.24. The van der Waals surface area contributed by atoms with Crippen LogP contribution in [0.1, 0.15) is 40.9 Å². The number of rotatable bonds is 4. The van der Waals surface area contributed by atoms with Gasteiger partial charge >= 0.3 is 0 Å². The van der Waals surface area contributed by atoms with Crippen molar-refractivity contribution in [1.29, 1.82) is 0 Å². The number of hydrogen-bond acceptors (Lipinski definition) is 3. The molecule has 0 bridgehead atoms. The minimum absolute atomic E-state index is 0.0433. The fourth-order valence-corrected chi connectivity index (χ4v) is 3.07. The van der Waals surface area contributed by atoms with Gasteiger partial charge in [-0.3, -0.25) is 4.79 Å². The Balaban J connectivity index is 1.87. The van der Waals surface area contributed by atoms with Crippen molar-refractivity contribution in [2.24, 2.45) is 0 Å². The average Bonchev–Trinajstić information content (AvgIpc) is 2.98.